The molecule has 3 aliphatic rings. The van der Waals surface area contributed by atoms with Gasteiger partial charge in [0.15, 0.2) is 5.82 Å². The van der Waals surface area contributed by atoms with Crippen molar-refractivity contribution in [1.82, 2.24) is 25.0 Å². The number of hydrogen-bond acceptors (Lipinski definition) is 5. The number of aromatic nitrogens is 3. The van der Waals surface area contributed by atoms with Gasteiger partial charge in [-0.25, -0.2) is 0 Å². The van der Waals surface area contributed by atoms with Crippen molar-refractivity contribution in [3.05, 3.63) is 62.5 Å². The highest BCUT2D eigenvalue weighted by atomic mass is 35.5. The minimum atomic E-state index is -0.0468. The summed E-state index contributed by atoms with van der Waals surface area (Å²) in [5.74, 6) is 2.19. The van der Waals surface area contributed by atoms with Crippen molar-refractivity contribution in [1.29, 1.82) is 0 Å². The van der Waals surface area contributed by atoms with Gasteiger partial charge in [-0.15, -0.1) is 21.5 Å². The van der Waals surface area contributed by atoms with Gasteiger partial charge in [-0.05, 0) is 49.8 Å². The first-order chi connectivity index (χ1) is 17.4. The number of thiophene rings is 1. The van der Waals surface area contributed by atoms with E-state index in [4.69, 9.17) is 11.6 Å². The average Bonchev–Trinajstić information content (AvgIpc) is 3.48. The Morgan fingerprint density at radius 2 is 1.92 bits per heavy atom. The van der Waals surface area contributed by atoms with Crippen LogP contribution in [0, 0.1) is 18.3 Å². The Kier molecular flexibility index (Phi) is 6.21. The number of carbonyl (C=O) groups is 1. The van der Waals surface area contributed by atoms with Gasteiger partial charge in [0, 0.05) is 39.9 Å². The van der Waals surface area contributed by atoms with E-state index >= 15 is 0 Å². The fraction of sp³-hybridized carbons (Fsp3) is 0.536. The van der Waals surface area contributed by atoms with Crippen LogP contribution in [0.25, 0.3) is 5.00 Å². The molecule has 0 saturated carbocycles. The molecule has 190 valence electrons. The van der Waals surface area contributed by atoms with Crippen LogP contribution in [0.1, 0.15) is 78.8 Å². The second-order valence-electron chi connectivity index (χ2n) is 10.9. The molecule has 0 bridgehead atoms. The Balaban J connectivity index is 1.32. The first kappa shape index (κ1) is 24.1. The Morgan fingerprint density at radius 1 is 1.17 bits per heavy atom. The van der Waals surface area contributed by atoms with Gasteiger partial charge in [0.05, 0.1) is 12.6 Å². The Bertz CT molecular complexity index is 1300. The number of nitrogens with one attached hydrogen (secondary N) is 1. The number of amides is 1. The Labute approximate surface area is 222 Å². The van der Waals surface area contributed by atoms with E-state index in [2.05, 4.69) is 44.9 Å². The molecule has 8 heteroatoms. The first-order valence-corrected chi connectivity index (χ1v) is 14.5. The summed E-state index contributed by atoms with van der Waals surface area (Å²) < 4.78 is 2.19. The normalized spacial score (nSPS) is 21.9. The van der Waals surface area contributed by atoms with Crippen LogP contribution in [0.3, 0.4) is 0 Å². The summed E-state index contributed by atoms with van der Waals surface area (Å²) in [4.78, 5) is 17.1. The molecule has 0 radical (unpaired) electrons. The van der Waals surface area contributed by atoms with Crippen LogP contribution in [0.15, 0.2) is 24.3 Å². The smallest absolute Gasteiger partial charge is 0.226 e. The zero-order valence-corrected chi connectivity index (χ0v) is 22.9. The van der Waals surface area contributed by atoms with Crippen molar-refractivity contribution < 1.29 is 4.79 Å². The molecule has 3 aromatic rings. The molecule has 6 nitrogen and oxygen atoms in total. The third-order valence-corrected chi connectivity index (χ3v) is 9.93. The number of rotatable bonds is 6. The molecule has 4 heterocycles. The highest BCUT2D eigenvalue weighted by Gasteiger charge is 2.47. The molecular weight excluding hydrogens is 490 g/mol. The first-order valence-electron chi connectivity index (χ1n) is 13.3. The van der Waals surface area contributed by atoms with Gasteiger partial charge in [0.25, 0.3) is 0 Å². The third-order valence-electron chi connectivity index (χ3n) is 8.33. The van der Waals surface area contributed by atoms with Crippen molar-refractivity contribution in [2.45, 2.75) is 71.9 Å². The Hall–Kier alpha value is -2.22. The molecule has 36 heavy (non-hydrogen) atoms. The van der Waals surface area contributed by atoms with Gasteiger partial charge in [0.2, 0.25) is 5.91 Å². The maximum Gasteiger partial charge on any atom is 0.226 e. The van der Waals surface area contributed by atoms with E-state index in [0.717, 1.165) is 48.2 Å². The number of benzene rings is 1. The van der Waals surface area contributed by atoms with Crippen LogP contribution in [0.2, 0.25) is 5.02 Å². The Morgan fingerprint density at radius 3 is 2.64 bits per heavy atom. The molecule has 0 unspecified atom stereocenters. The number of hydrogen-bond donors (Lipinski definition) is 1. The van der Waals surface area contributed by atoms with E-state index in [9.17, 15) is 4.79 Å². The summed E-state index contributed by atoms with van der Waals surface area (Å²) in [5, 5.41) is 14.4. The zero-order chi connectivity index (χ0) is 25.0. The number of nitrogens with zero attached hydrogens (tertiary/aromatic N) is 4. The molecule has 1 aliphatic carbocycles. The average molecular weight is 524 g/mol. The van der Waals surface area contributed by atoms with E-state index in [-0.39, 0.29) is 12.0 Å². The maximum absolute atomic E-state index is 13.6. The molecule has 1 N–H and O–H groups in total. The van der Waals surface area contributed by atoms with Crippen LogP contribution in [-0.2, 0) is 24.2 Å². The van der Waals surface area contributed by atoms with E-state index in [1.807, 2.05) is 36.5 Å². The van der Waals surface area contributed by atoms with E-state index in [1.54, 1.807) is 0 Å². The van der Waals surface area contributed by atoms with Crippen LogP contribution >= 0.6 is 22.9 Å². The molecule has 2 atom stereocenters. The summed E-state index contributed by atoms with van der Waals surface area (Å²) in [6.45, 7) is 9.01. The van der Waals surface area contributed by atoms with Crippen LogP contribution < -0.4 is 5.32 Å². The van der Waals surface area contributed by atoms with Crippen molar-refractivity contribution in [3.63, 3.8) is 0 Å². The molecule has 1 saturated heterocycles. The summed E-state index contributed by atoms with van der Waals surface area (Å²) in [5.41, 5.74) is 3.98. The molecule has 1 fully saturated rings. The van der Waals surface area contributed by atoms with Crippen molar-refractivity contribution >= 4 is 28.8 Å². The van der Waals surface area contributed by atoms with Crippen molar-refractivity contribution in [2.75, 3.05) is 13.1 Å². The SMILES string of the molecule is CCCC1(CCC)CN(C(=O)[C@@H]2Cc3sc4c(c3C2)[C@H](c2ccccc2Cl)NCc2nnc(C)n2-4)C1. The molecule has 2 aliphatic heterocycles. The van der Waals surface area contributed by atoms with Gasteiger partial charge in [-0.2, -0.15) is 0 Å². The number of halogens is 1. The van der Waals surface area contributed by atoms with Crippen molar-refractivity contribution in [2.24, 2.45) is 11.3 Å². The maximum atomic E-state index is 13.6. The number of aryl methyl sites for hydroxylation is 1. The second-order valence-corrected chi connectivity index (χ2v) is 12.3. The fourth-order valence-electron chi connectivity index (χ4n) is 6.82. The third kappa shape index (κ3) is 3.82. The molecule has 0 spiro atoms. The number of likely N-dealkylation sites (tertiary alicyclic amines) is 1. The lowest BCUT2D eigenvalue weighted by Gasteiger charge is -2.51. The van der Waals surface area contributed by atoms with Gasteiger partial charge < -0.3 is 4.90 Å². The fourth-order valence-corrected chi connectivity index (χ4v) is 8.58. The van der Waals surface area contributed by atoms with Crippen LogP contribution in [0.5, 0.6) is 0 Å². The van der Waals surface area contributed by atoms with Crippen molar-refractivity contribution in [3.8, 4) is 5.00 Å². The number of fused-ring (bicyclic) bond motifs is 5. The summed E-state index contributed by atoms with van der Waals surface area (Å²) in [6, 6.07) is 8.02. The minimum Gasteiger partial charge on any atom is -0.341 e. The standard InChI is InChI=1S/C28H34ClN5OS/c1-4-10-28(11-5-2)15-33(16-28)26(35)18-12-20-22(13-18)36-27-24(20)25(19-8-6-7-9-21(19)29)30-14-23-32-31-17(3)34(23)27/h6-9,18,25,30H,4-5,10-16H2,1-3H3/t18-,25-/m0/s1. The van der Waals surface area contributed by atoms with Gasteiger partial charge >= 0.3 is 0 Å². The number of carbonyl (C=O) groups excluding carboxylic acids is 1. The van der Waals surface area contributed by atoms with E-state index < -0.39 is 0 Å². The predicted octanol–water partition coefficient (Wildman–Crippen LogP) is 5.63. The second kappa shape index (κ2) is 9.26. The molecule has 2 aromatic heterocycles. The van der Waals surface area contributed by atoms with Gasteiger partial charge in [-0.1, -0.05) is 56.5 Å². The molecular formula is C28H34ClN5OS. The summed E-state index contributed by atoms with van der Waals surface area (Å²) in [7, 11) is 0. The van der Waals surface area contributed by atoms with Gasteiger partial charge in [-0.3, -0.25) is 14.7 Å². The highest BCUT2D eigenvalue weighted by Crippen LogP contribution is 2.48. The van der Waals surface area contributed by atoms with Gasteiger partial charge in [0.1, 0.15) is 10.8 Å². The highest BCUT2D eigenvalue weighted by molar-refractivity contribution is 7.15. The summed E-state index contributed by atoms with van der Waals surface area (Å²) >= 11 is 8.51. The van der Waals surface area contributed by atoms with Crippen LogP contribution in [0.4, 0.5) is 0 Å². The minimum absolute atomic E-state index is 0.0365. The lowest BCUT2D eigenvalue weighted by Crippen LogP contribution is -2.59. The quantitative estimate of drug-likeness (QED) is 0.455. The summed E-state index contributed by atoms with van der Waals surface area (Å²) in [6.07, 6.45) is 6.45. The van der Waals surface area contributed by atoms with E-state index in [1.165, 1.54) is 46.7 Å². The molecule has 1 aromatic carbocycles. The predicted molar refractivity (Wildman–Crippen MR) is 144 cm³/mol. The van der Waals surface area contributed by atoms with Crippen LogP contribution in [-0.4, -0.2) is 38.7 Å². The lowest BCUT2D eigenvalue weighted by molar-refractivity contribution is -0.148. The topological polar surface area (TPSA) is 63.1 Å². The zero-order valence-electron chi connectivity index (χ0n) is 21.3. The largest absolute Gasteiger partial charge is 0.341 e. The molecule has 1 amide bonds. The molecule has 6 rings (SSSR count). The lowest BCUT2D eigenvalue weighted by atomic mass is 9.72. The van der Waals surface area contributed by atoms with E-state index in [0.29, 0.717) is 17.9 Å². The monoisotopic (exact) mass is 523 g/mol.